The highest BCUT2D eigenvalue weighted by molar-refractivity contribution is 6.30. The first-order valence-corrected chi connectivity index (χ1v) is 7.64. The van der Waals surface area contributed by atoms with E-state index in [1.54, 1.807) is 0 Å². The van der Waals surface area contributed by atoms with E-state index in [-0.39, 0.29) is 17.7 Å². The molecule has 1 saturated carbocycles. The summed E-state index contributed by atoms with van der Waals surface area (Å²) in [5.41, 5.74) is 1.22. The Labute approximate surface area is 129 Å². The molecule has 1 aromatic rings. The standard InChI is InChI=1S/C16H20ClNO3/c17-13-5-3-4-12(10-13)16(8-9-16)11-18-14(19)6-1-2-7-15(20)21/h3-5,10H,1-2,6-9,11H2,(H,18,19)(H,20,21). The van der Waals surface area contributed by atoms with Crippen molar-refractivity contribution >= 4 is 23.5 Å². The zero-order chi connectivity index (χ0) is 15.3. The summed E-state index contributed by atoms with van der Waals surface area (Å²) in [6.07, 6.45) is 3.79. The lowest BCUT2D eigenvalue weighted by atomic mass is 9.96. The maximum atomic E-state index is 11.8. The maximum absolute atomic E-state index is 11.8. The molecule has 21 heavy (non-hydrogen) atoms. The number of carbonyl (C=O) groups excluding carboxylic acids is 1. The van der Waals surface area contributed by atoms with Crippen molar-refractivity contribution < 1.29 is 14.7 Å². The number of rotatable bonds is 8. The number of hydrogen-bond acceptors (Lipinski definition) is 2. The second kappa shape index (κ2) is 6.94. The quantitative estimate of drug-likeness (QED) is 0.725. The van der Waals surface area contributed by atoms with Crippen molar-refractivity contribution in [1.29, 1.82) is 0 Å². The van der Waals surface area contributed by atoms with Crippen LogP contribution in [0.4, 0.5) is 0 Å². The van der Waals surface area contributed by atoms with Crippen LogP contribution in [0.25, 0.3) is 0 Å². The molecule has 114 valence electrons. The van der Waals surface area contributed by atoms with Gasteiger partial charge in [0.2, 0.25) is 5.91 Å². The zero-order valence-electron chi connectivity index (χ0n) is 11.9. The van der Waals surface area contributed by atoms with Crippen LogP contribution in [0.15, 0.2) is 24.3 Å². The van der Waals surface area contributed by atoms with Gasteiger partial charge in [0.1, 0.15) is 0 Å². The molecule has 2 rings (SSSR count). The van der Waals surface area contributed by atoms with Gasteiger partial charge in [0.15, 0.2) is 0 Å². The number of amides is 1. The van der Waals surface area contributed by atoms with E-state index in [0.29, 0.717) is 25.8 Å². The lowest BCUT2D eigenvalue weighted by Crippen LogP contribution is -2.32. The van der Waals surface area contributed by atoms with Gasteiger partial charge in [-0.15, -0.1) is 0 Å². The summed E-state index contributed by atoms with van der Waals surface area (Å²) >= 11 is 6.02. The molecule has 0 heterocycles. The minimum absolute atomic E-state index is 0.00584. The highest BCUT2D eigenvalue weighted by Crippen LogP contribution is 2.48. The van der Waals surface area contributed by atoms with E-state index in [1.807, 2.05) is 18.2 Å². The first-order chi connectivity index (χ1) is 10.0. The molecule has 0 atom stereocenters. The van der Waals surface area contributed by atoms with Gasteiger partial charge >= 0.3 is 5.97 Å². The van der Waals surface area contributed by atoms with Crippen molar-refractivity contribution in [3.8, 4) is 0 Å². The second-order valence-corrected chi connectivity index (χ2v) is 6.10. The van der Waals surface area contributed by atoms with Crippen molar-refractivity contribution in [2.45, 2.75) is 43.9 Å². The summed E-state index contributed by atoms with van der Waals surface area (Å²) in [5.74, 6) is -0.818. The Kier molecular flexibility index (Phi) is 5.23. The minimum Gasteiger partial charge on any atom is -0.481 e. The molecule has 2 N–H and O–H groups in total. The Morgan fingerprint density at radius 1 is 1.24 bits per heavy atom. The lowest BCUT2D eigenvalue weighted by molar-refractivity contribution is -0.137. The molecule has 1 aliphatic rings. The fourth-order valence-corrected chi connectivity index (χ4v) is 2.64. The number of benzene rings is 1. The molecule has 0 spiro atoms. The summed E-state index contributed by atoms with van der Waals surface area (Å²) in [7, 11) is 0. The van der Waals surface area contributed by atoms with Crippen molar-refractivity contribution in [3.63, 3.8) is 0 Å². The average molecular weight is 310 g/mol. The van der Waals surface area contributed by atoms with E-state index >= 15 is 0 Å². The molecule has 1 amide bonds. The molecule has 1 fully saturated rings. The van der Waals surface area contributed by atoms with Crippen LogP contribution in [0.1, 0.15) is 44.1 Å². The molecule has 1 aliphatic carbocycles. The van der Waals surface area contributed by atoms with E-state index in [0.717, 1.165) is 17.9 Å². The molecule has 5 heteroatoms. The molecule has 1 aromatic carbocycles. The van der Waals surface area contributed by atoms with Gasteiger partial charge in [-0.2, -0.15) is 0 Å². The second-order valence-electron chi connectivity index (χ2n) is 5.67. The maximum Gasteiger partial charge on any atom is 0.303 e. The summed E-state index contributed by atoms with van der Waals surface area (Å²) in [6, 6.07) is 7.80. The molecule has 4 nitrogen and oxygen atoms in total. The third-order valence-electron chi connectivity index (χ3n) is 3.96. The average Bonchev–Trinajstić information content (AvgIpc) is 3.22. The van der Waals surface area contributed by atoms with Gasteiger partial charge < -0.3 is 10.4 Å². The van der Waals surface area contributed by atoms with Gasteiger partial charge in [-0.3, -0.25) is 9.59 Å². The fourth-order valence-electron chi connectivity index (χ4n) is 2.45. The fraction of sp³-hybridized carbons (Fsp3) is 0.500. The first kappa shape index (κ1) is 15.8. The largest absolute Gasteiger partial charge is 0.481 e. The summed E-state index contributed by atoms with van der Waals surface area (Å²) in [4.78, 5) is 22.2. The number of carboxylic acid groups (broad SMARTS) is 1. The van der Waals surface area contributed by atoms with Crippen molar-refractivity contribution in [2.24, 2.45) is 0 Å². The van der Waals surface area contributed by atoms with E-state index < -0.39 is 5.97 Å². The predicted octanol–water partition coefficient (Wildman–Crippen LogP) is 3.13. The predicted molar refractivity (Wildman–Crippen MR) is 81.5 cm³/mol. The monoisotopic (exact) mass is 309 g/mol. The molecule has 0 aromatic heterocycles. The van der Waals surface area contributed by atoms with Gasteiger partial charge in [-0.05, 0) is 43.4 Å². The Bertz CT molecular complexity index is 526. The summed E-state index contributed by atoms with van der Waals surface area (Å²) < 4.78 is 0. The van der Waals surface area contributed by atoms with E-state index in [1.165, 1.54) is 5.56 Å². The van der Waals surface area contributed by atoms with Gasteiger partial charge in [-0.1, -0.05) is 23.7 Å². The van der Waals surface area contributed by atoms with Crippen LogP contribution in [-0.4, -0.2) is 23.5 Å². The van der Waals surface area contributed by atoms with E-state index in [4.69, 9.17) is 16.7 Å². The number of halogens is 1. The SMILES string of the molecule is O=C(O)CCCCC(=O)NCC1(c2cccc(Cl)c2)CC1. The highest BCUT2D eigenvalue weighted by Gasteiger charge is 2.44. The number of aliphatic carboxylic acids is 1. The van der Waals surface area contributed by atoms with Gasteiger partial charge in [0, 0.05) is 29.8 Å². The third-order valence-corrected chi connectivity index (χ3v) is 4.19. The Hall–Kier alpha value is -1.55. The summed E-state index contributed by atoms with van der Waals surface area (Å²) in [6.45, 7) is 0.630. The van der Waals surface area contributed by atoms with Crippen LogP contribution in [-0.2, 0) is 15.0 Å². The number of carbonyl (C=O) groups is 2. The normalized spacial score (nSPS) is 15.5. The van der Waals surface area contributed by atoms with E-state index in [2.05, 4.69) is 11.4 Å². The van der Waals surface area contributed by atoms with Crippen molar-refractivity contribution in [2.75, 3.05) is 6.54 Å². The molecule has 0 aliphatic heterocycles. The highest BCUT2D eigenvalue weighted by atomic mass is 35.5. The topological polar surface area (TPSA) is 66.4 Å². The van der Waals surface area contributed by atoms with Crippen LogP contribution in [0.5, 0.6) is 0 Å². The zero-order valence-corrected chi connectivity index (χ0v) is 12.7. The lowest BCUT2D eigenvalue weighted by Gasteiger charge is -2.17. The van der Waals surface area contributed by atoms with Crippen LogP contribution in [0.2, 0.25) is 5.02 Å². The van der Waals surface area contributed by atoms with Crippen LogP contribution in [0.3, 0.4) is 0 Å². The molecule has 0 bridgehead atoms. The number of nitrogens with one attached hydrogen (secondary N) is 1. The number of carboxylic acids is 1. The van der Waals surface area contributed by atoms with Crippen LogP contribution < -0.4 is 5.32 Å². The number of unbranched alkanes of at least 4 members (excludes halogenated alkanes) is 1. The first-order valence-electron chi connectivity index (χ1n) is 7.26. The molecule has 0 unspecified atom stereocenters. The minimum atomic E-state index is -0.812. The Morgan fingerprint density at radius 3 is 2.57 bits per heavy atom. The van der Waals surface area contributed by atoms with Crippen LogP contribution >= 0.6 is 11.6 Å². The van der Waals surface area contributed by atoms with Gasteiger partial charge in [0.25, 0.3) is 0 Å². The van der Waals surface area contributed by atoms with Gasteiger partial charge in [0.05, 0.1) is 0 Å². The molecule has 0 radical (unpaired) electrons. The van der Waals surface area contributed by atoms with Crippen molar-refractivity contribution in [3.05, 3.63) is 34.9 Å². The van der Waals surface area contributed by atoms with Crippen LogP contribution in [0, 0.1) is 0 Å². The van der Waals surface area contributed by atoms with Gasteiger partial charge in [-0.25, -0.2) is 0 Å². The third kappa shape index (κ3) is 4.74. The molecule has 0 saturated heterocycles. The number of hydrogen-bond donors (Lipinski definition) is 2. The smallest absolute Gasteiger partial charge is 0.303 e. The Morgan fingerprint density at radius 2 is 1.95 bits per heavy atom. The van der Waals surface area contributed by atoms with E-state index in [9.17, 15) is 9.59 Å². The molecular formula is C16H20ClNO3. The summed E-state index contributed by atoms with van der Waals surface area (Å²) in [5, 5.41) is 12.2. The Balaban J connectivity index is 1.75. The van der Waals surface area contributed by atoms with Crippen molar-refractivity contribution in [1.82, 2.24) is 5.32 Å². The molecular weight excluding hydrogens is 290 g/mol.